The first-order valence-electron chi connectivity index (χ1n) is 20.5. The number of rotatable bonds is 4. The number of nitrogens with zero attached hydrogens (tertiary/aromatic N) is 2. The van der Waals surface area contributed by atoms with Crippen molar-refractivity contribution in [2.24, 2.45) is 0 Å². The summed E-state index contributed by atoms with van der Waals surface area (Å²) >= 11 is 0. The summed E-state index contributed by atoms with van der Waals surface area (Å²) in [6, 6.07) is 66.2. The molecule has 0 aromatic heterocycles. The van der Waals surface area contributed by atoms with Gasteiger partial charge < -0.3 is 0 Å². The first kappa shape index (κ1) is 34.0. The molecular weight excluding hydrogens is 725 g/mol. The summed E-state index contributed by atoms with van der Waals surface area (Å²) in [5, 5.41) is 37.3. The van der Waals surface area contributed by atoms with Gasteiger partial charge in [-0.25, -0.2) is 0 Å². The van der Waals surface area contributed by atoms with Gasteiger partial charge in [0.1, 0.15) is 12.1 Å². The quantitative estimate of drug-likeness (QED) is 0.168. The lowest BCUT2D eigenvalue weighted by molar-refractivity contribution is 1.38. The van der Waals surface area contributed by atoms with Crippen LogP contribution in [0, 0.1) is 36.5 Å². The fraction of sp³-hybridized carbons (Fsp3) is 0.0345. The topological polar surface area (TPSA) is 47.6 Å². The smallest absolute Gasteiger partial charge is 0.101 e. The van der Waals surface area contributed by atoms with Crippen LogP contribution in [0.15, 0.2) is 170 Å². The van der Waals surface area contributed by atoms with Crippen LogP contribution in [-0.4, -0.2) is 0 Å². The van der Waals surface area contributed by atoms with Crippen LogP contribution in [0.25, 0.3) is 120 Å². The molecule has 0 aliphatic heterocycles. The van der Waals surface area contributed by atoms with Crippen molar-refractivity contribution in [3.05, 3.63) is 192 Å². The van der Waals surface area contributed by atoms with Crippen LogP contribution >= 0.6 is 0 Å². The van der Waals surface area contributed by atoms with Gasteiger partial charge in [0.2, 0.25) is 0 Å². The summed E-state index contributed by atoms with van der Waals surface area (Å²) in [4.78, 5) is 0. The van der Waals surface area contributed by atoms with Crippen molar-refractivity contribution in [2.75, 3.05) is 0 Å². The predicted molar refractivity (Wildman–Crippen MR) is 252 cm³/mol. The lowest BCUT2D eigenvalue weighted by Gasteiger charge is -2.19. The zero-order chi connectivity index (χ0) is 40.2. The second kappa shape index (κ2) is 12.7. The second-order valence-corrected chi connectivity index (χ2v) is 16.2. The number of nitriles is 2. The van der Waals surface area contributed by atoms with Crippen LogP contribution < -0.4 is 0 Å². The van der Waals surface area contributed by atoms with Crippen molar-refractivity contribution >= 4 is 75.4 Å². The monoisotopic (exact) mass is 758 g/mol. The van der Waals surface area contributed by atoms with Crippen LogP contribution in [0.4, 0.5) is 0 Å². The van der Waals surface area contributed by atoms with Gasteiger partial charge in [0.15, 0.2) is 0 Å². The molecule has 0 bridgehead atoms. The van der Waals surface area contributed by atoms with Crippen molar-refractivity contribution in [2.45, 2.75) is 13.8 Å². The largest absolute Gasteiger partial charge is 0.192 e. The molecule has 0 saturated heterocycles. The number of hydrogen-bond acceptors (Lipinski definition) is 2. The Morgan fingerprint density at radius 3 is 1.52 bits per heavy atom. The molecule has 0 amide bonds. The van der Waals surface area contributed by atoms with Crippen molar-refractivity contribution < 1.29 is 0 Å². The van der Waals surface area contributed by atoms with E-state index >= 15 is 0 Å². The molecule has 0 unspecified atom stereocenters. The van der Waals surface area contributed by atoms with Crippen molar-refractivity contribution in [3.8, 4) is 56.6 Å². The third-order valence-corrected chi connectivity index (χ3v) is 13.0. The Hall–Kier alpha value is -8.04. The van der Waals surface area contributed by atoms with E-state index in [9.17, 15) is 10.5 Å². The molecule has 0 aliphatic rings. The van der Waals surface area contributed by atoms with Gasteiger partial charge in [0.05, 0.1) is 11.1 Å². The minimum atomic E-state index is 0.394. The van der Waals surface area contributed by atoms with E-state index < -0.39 is 0 Å². The Labute approximate surface area is 347 Å². The average molecular weight is 759 g/mol. The fourth-order valence-corrected chi connectivity index (χ4v) is 10.7. The molecule has 0 saturated carbocycles. The Balaban J connectivity index is 1.24. The van der Waals surface area contributed by atoms with Crippen molar-refractivity contribution in [1.82, 2.24) is 0 Å². The third kappa shape index (κ3) is 4.62. The highest BCUT2D eigenvalue weighted by molar-refractivity contribution is 6.45. The van der Waals surface area contributed by atoms with E-state index in [-0.39, 0.29) is 0 Å². The van der Waals surface area contributed by atoms with Gasteiger partial charge in [0, 0.05) is 0 Å². The van der Waals surface area contributed by atoms with Crippen LogP contribution in [-0.2, 0) is 0 Å². The number of aryl methyl sites for hydroxylation is 2. The SMILES string of the molecule is Cc1cc(-c2ccc(C#N)c(C#N)c2)cc(C)c1-c1ccc2c3c(-c4ccccc4)c4c(cc5c6ccccc6c6cccc4c65)c(-c4ccccc4)c3c3cccc1c32. The summed E-state index contributed by atoms with van der Waals surface area (Å²) in [6.07, 6.45) is 0. The minimum Gasteiger partial charge on any atom is -0.192 e. The number of benzene rings is 10. The molecule has 12 rings (SSSR count). The fourth-order valence-electron chi connectivity index (χ4n) is 10.7. The molecule has 2 heteroatoms. The van der Waals surface area contributed by atoms with Crippen LogP contribution in [0.1, 0.15) is 22.3 Å². The highest BCUT2D eigenvalue weighted by Crippen LogP contribution is 2.55. The van der Waals surface area contributed by atoms with Crippen LogP contribution in [0.3, 0.4) is 0 Å². The molecule has 276 valence electrons. The molecule has 60 heavy (non-hydrogen) atoms. The highest BCUT2D eigenvalue weighted by Gasteiger charge is 2.27. The Bertz CT molecular complexity index is 3820. The lowest BCUT2D eigenvalue weighted by atomic mass is 9.84. The number of hydrogen-bond donors (Lipinski definition) is 0. The van der Waals surface area contributed by atoms with E-state index in [2.05, 4.69) is 178 Å². The molecule has 12 aromatic carbocycles. The van der Waals surface area contributed by atoms with E-state index in [0.29, 0.717) is 11.1 Å². The zero-order valence-corrected chi connectivity index (χ0v) is 33.1. The molecule has 2 nitrogen and oxygen atoms in total. The van der Waals surface area contributed by atoms with E-state index in [4.69, 9.17) is 0 Å². The van der Waals surface area contributed by atoms with Gasteiger partial charge in [-0.2, -0.15) is 10.5 Å². The standard InChI is InChI=1S/C58H34N2/c1-33-27-39(37-23-24-38(31-59)40(29-37)32-60)28-34(2)51(33)45-25-26-48-54-44(45)20-12-22-47(54)57-52(35-13-5-3-6-14-35)50-30-49-42-18-10-9-17-41(42)43-19-11-21-46(55(43)49)56(50)53(58(48)57)36-15-7-4-8-16-36/h3-30H,1-2H3. The second-order valence-electron chi connectivity index (χ2n) is 16.2. The Kier molecular flexibility index (Phi) is 7.22. The summed E-state index contributed by atoms with van der Waals surface area (Å²) < 4.78 is 0. The van der Waals surface area contributed by atoms with Gasteiger partial charge in [-0.1, -0.05) is 152 Å². The normalized spacial score (nSPS) is 11.8. The first-order valence-corrected chi connectivity index (χ1v) is 20.5. The number of fused-ring (bicyclic) bond motifs is 8. The minimum absolute atomic E-state index is 0.394. The summed E-state index contributed by atoms with van der Waals surface area (Å²) in [7, 11) is 0. The summed E-state index contributed by atoms with van der Waals surface area (Å²) in [5.74, 6) is 0. The van der Waals surface area contributed by atoms with Gasteiger partial charge >= 0.3 is 0 Å². The summed E-state index contributed by atoms with van der Waals surface area (Å²) in [5.41, 5.74) is 12.5. The summed E-state index contributed by atoms with van der Waals surface area (Å²) in [6.45, 7) is 4.37. The molecule has 0 spiro atoms. The van der Waals surface area contributed by atoms with Crippen LogP contribution in [0.2, 0.25) is 0 Å². The lowest BCUT2D eigenvalue weighted by Crippen LogP contribution is -1.93. The zero-order valence-electron chi connectivity index (χ0n) is 33.1. The van der Waals surface area contributed by atoms with E-state index in [0.717, 1.165) is 22.3 Å². The van der Waals surface area contributed by atoms with Crippen molar-refractivity contribution in [3.63, 3.8) is 0 Å². The molecule has 0 radical (unpaired) electrons. The molecular formula is C58H34N2. The average Bonchev–Trinajstić information content (AvgIpc) is 3.80. The maximum absolute atomic E-state index is 9.76. The Morgan fingerprint density at radius 2 is 0.833 bits per heavy atom. The van der Waals surface area contributed by atoms with Gasteiger partial charge in [-0.3, -0.25) is 0 Å². The van der Waals surface area contributed by atoms with Crippen molar-refractivity contribution in [1.29, 1.82) is 10.5 Å². The maximum atomic E-state index is 9.76. The van der Waals surface area contributed by atoms with Crippen LogP contribution in [0.5, 0.6) is 0 Å². The van der Waals surface area contributed by atoms with E-state index in [1.807, 2.05) is 12.1 Å². The molecule has 0 atom stereocenters. The van der Waals surface area contributed by atoms with E-state index in [1.54, 1.807) is 6.07 Å². The van der Waals surface area contributed by atoms with Gasteiger partial charge in [-0.05, 0) is 163 Å². The Morgan fingerprint density at radius 1 is 0.300 bits per heavy atom. The highest BCUT2D eigenvalue weighted by atomic mass is 14.3. The van der Waals surface area contributed by atoms with Gasteiger partial charge in [0.25, 0.3) is 0 Å². The van der Waals surface area contributed by atoms with Gasteiger partial charge in [-0.15, -0.1) is 0 Å². The molecule has 12 aromatic rings. The predicted octanol–water partition coefficient (Wildman–Crippen LogP) is 15.7. The third-order valence-electron chi connectivity index (χ3n) is 13.0. The molecule has 0 heterocycles. The first-order chi connectivity index (χ1) is 29.5. The molecule has 0 fully saturated rings. The molecule has 0 N–H and O–H groups in total. The van der Waals surface area contributed by atoms with E-state index in [1.165, 1.54) is 109 Å². The maximum Gasteiger partial charge on any atom is 0.101 e. The molecule has 0 aliphatic carbocycles.